The molecule has 0 saturated carbocycles. The fourth-order valence-electron chi connectivity index (χ4n) is 0.975. The summed E-state index contributed by atoms with van der Waals surface area (Å²) in [4.78, 5) is 15.4. The molecule has 0 unspecified atom stereocenters. The molecule has 1 rings (SSSR count). The average Bonchev–Trinajstić information content (AvgIpc) is 2.71. The van der Waals surface area contributed by atoms with Crippen LogP contribution in [0.25, 0.3) is 0 Å². The van der Waals surface area contributed by atoms with Crippen LogP contribution < -0.4 is 16.0 Å². The summed E-state index contributed by atoms with van der Waals surface area (Å²) in [6, 6.07) is -0.143. The minimum absolute atomic E-state index is 0.143. The van der Waals surface area contributed by atoms with E-state index >= 15 is 0 Å². The molecule has 0 aliphatic rings. The summed E-state index contributed by atoms with van der Waals surface area (Å²) in [5.41, 5.74) is 0.871. The number of nitrogens with one attached hydrogen (secondary N) is 3. The minimum atomic E-state index is -0.143. The van der Waals surface area contributed by atoms with Crippen molar-refractivity contribution < 1.29 is 4.79 Å². The predicted molar refractivity (Wildman–Crippen MR) is 62.2 cm³/mol. The molecule has 0 radical (unpaired) electrons. The second kappa shape index (κ2) is 6.23. The fraction of sp³-hybridized carbons (Fsp3) is 0.556. The minimum Gasteiger partial charge on any atom is -0.365 e. The van der Waals surface area contributed by atoms with Gasteiger partial charge < -0.3 is 16.0 Å². The van der Waals surface area contributed by atoms with E-state index in [1.807, 2.05) is 19.4 Å². The highest BCUT2D eigenvalue weighted by atomic mass is 32.1. The monoisotopic (exact) mass is 228 g/mol. The first-order chi connectivity index (χ1) is 7.26. The van der Waals surface area contributed by atoms with Gasteiger partial charge in [0.2, 0.25) is 0 Å². The number of anilines is 1. The summed E-state index contributed by atoms with van der Waals surface area (Å²) in [7, 11) is 1.82. The van der Waals surface area contributed by atoms with Gasteiger partial charge in [0, 0.05) is 19.0 Å². The Kier molecular flexibility index (Phi) is 4.89. The molecule has 84 valence electrons. The van der Waals surface area contributed by atoms with E-state index in [-0.39, 0.29) is 6.03 Å². The van der Waals surface area contributed by atoms with E-state index in [1.165, 1.54) is 11.3 Å². The first-order valence-electron chi connectivity index (χ1n) is 4.90. The zero-order valence-corrected chi connectivity index (χ0v) is 9.78. The Morgan fingerprint density at radius 2 is 2.33 bits per heavy atom. The molecular weight excluding hydrogens is 212 g/mol. The van der Waals surface area contributed by atoms with Gasteiger partial charge in [-0.1, -0.05) is 6.92 Å². The lowest BCUT2D eigenvalue weighted by Gasteiger charge is -2.04. The van der Waals surface area contributed by atoms with Crippen molar-refractivity contribution in [3.8, 4) is 0 Å². The van der Waals surface area contributed by atoms with Gasteiger partial charge in [0.25, 0.3) is 0 Å². The molecule has 1 heterocycles. The number of thiazole rings is 1. The summed E-state index contributed by atoms with van der Waals surface area (Å²) in [6.45, 7) is 3.18. The number of hydrogen-bond acceptors (Lipinski definition) is 4. The zero-order valence-electron chi connectivity index (χ0n) is 8.96. The van der Waals surface area contributed by atoms with Gasteiger partial charge >= 0.3 is 6.03 Å². The third kappa shape index (κ3) is 4.16. The van der Waals surface area contributed by atoms with Crippen LogP contribution in [0.3, 0.4) is 0 Å². The lowest BCUT2D eigenvalue weighted by molar-refractivity contribution is 0.240. The maximum Gasteiger partial charge on any atom is 0.315 e. The largest absolute Gasteiger partial charge is 0.365 e. The smallest absolute Gasteiger partial charge is 0.315 e. The molecule has 0 aromatic carbocycles. The van der Waals surface area contributed by atoms with E-state index in [9.17, 15) is 4.79 Å². The molecule has 15 heavy (non-hydrogen) atoms. The Bertz CT molecular complexity index is 313. The SMILES string of the molecule is CCCNC(=O)NCc1csc(NC)n1. The Labute approximate surface area is 93.3 Å². The van der Waals surface area contributed by atoms with Gasteiger partial charge in [-0.25, -0.2) is 9.78 Å². The van der Waals surface area contributed by atoms with Crippen molar-refractivity contribution in [3.63, 3.8) is 0 Å². The lowest BCUT2D eigenvalue weighted by Crippen LogP contribution is -2.35. The quantitative estimate of drug-likeness (QED) is 0.713. The normalized spacial score (nSPS) is 9.73. The third-order valence-electron chi connectivity index (χ3n) is 1.73. The molecule has 3 N–H and O–H groups in total. The molecule has 1 aromatic rings. The number of amides is 2. The van der Waals surface area contributed by atoms with Gasteiger partial charge in [-0.15, -0.1) is 11.3 Å². The van der Waals surface area contributed by atoms with Gasteiger partial charge in [-0.3, -0.25) is 0 Å². The number of aromatic nitrogens is 1. The average molecular weight is 228 g/mol. The van der Waals surface area contributed by atoms with Crippen LogP contribution >= 0.6 is 11.3 Å². The number of nitrogens with zero attached hydrogens (tertiary/aromatic N) is 1. The van der Waals surface area contributed by atoms with E-state index < -0.39 is 0 Å². The lowest BCUT2D eigenvalue weighted by atomic mass is 10.5. The maximum absolute atomic E-state index is 11.2. The van der Waals surface area contributed by atoms with Gasteiger partial charge in [0.05, 0.1) is 12.2 Å². The standard InChI is InChI=1S/C9H16N4OS/c1-3-4-11-8(14)12-5-7-6-15-9(10-2)13-7/h6H,3-5H2,1-2H3,(H,10,13)(H2,11,12,14). The second-order valence-corrected chi connectivity index (χ2v) is 3.86. The molecule has 0 bridgehead atoms. The summed E-state index contributed by atoms with van der Waals surface area (Å²) < 4.78 is 0. The maximum atomic E-state index is 11.2. The van der Waals surface area contributed by atoms with Crippen molar-refractivity contribution in [2.24, 2.45) is 0 Å². The van der Waals surface area contributed by atoms with Crippen molar-refractivity contribution in [2.45, 2.75) is 19.9 Å². The van der Waals surface area contributed by atoms with Crippen molar-refractivity contribution in [3.05, 3.63) is 11.1 Å². The van der Waals surface area contributed by atoms with Crippen molar-refractivity contribution in [2.75, 3.05) is 18.9 Å². The molecule has 0 atom stereocenters. The highest BCUT2D eigenvalue weighted by molar-refractivity contribution is 7.13. The van der Waals surface area contributed by atoms with Crippen LogP contribution in [0.5, 0.6) is 0 Å². The zero-order chi connectivity index (χ0) is 11.1. The molecule has 0 fully saturated rings. The number of carbonyl (C=O) groups is 1. The molecule has 0 spiro atoms. The molecule has 6 heteroatoms. The van der Waals surface area contributed by atoms with Crippen LogP contribution in [0.4, 0.5) is 9.93 Å². The molecular formula is C9H16N4OS. The highest BCUT2D eigenvalue weighted by Crippen LogP contribution is 2.13. The third-order valence-corrected chi connectivity index (χ3v) is 2.64. The van der Waals surface area contributed by atoms with Crippen LogP contribution in [0, 0.1) is 0 Å². The van der Waals surface area contributed by atoms with Crippen molar-refractivity contribution >= 4 is 22.5 Å². The topological polar surface area (TPSA) is 66.1 Å². The van der Waals surface area contributed by atoms with E-state index in [4.69, 9.17) is 0 Å². The molecule has 0 saturated heterocycles. The summed E-state index contributed by atoms with van der Waals surface area (Å²) in [6.07, 6.45) is 0.939. The summed E-state index contributed by atoms with van der Waals surface area (Å²) >= 11 is 1.53. The number of rotatable bonds is 5. The van der Waals surface area contributed by atoms with Crippen LogP contribution in [0.15, 0.2) is 5.38 Å². The highest BCUT2D eigenvalue weighted by Gasteiger charge is 2.02. The first-order valence-corrected chi connectivity index (χ1v) is 5.78. The summed E-state index contributed by atoms with van der Waals surface area (Å²) in [5.74, 6) is 0. The number of hydrogen-bond donors (Lipinski definition) is 3. The van der Waals surface area contributed by atoms with E-state index in [1.54, 1.807) is 0 Å². The molecule has 2 amide bonds. The number of carbonyl (C=O) groups excluding carboxylic acids is 1. The first kappa shape index (κ1) is 11.8. The molecule has 5 nitrogen and oxygen atoms in total. The molecule has 0 aliphatic heterocycles. The Balaban J connectivity index is 2.27. The van der Waals surface area contributed by atoms with E-state index in [0.717, 1.165) is 17.2 Å². The van der Waals surface area contributed by atoms with Crippen molar-refractivity contribution in [1.29, 1.82) is 0 Å². The van der Waals surface area contributed by atoms with E-state index in [0.29, 0.717) is 13.1 Å². The van der Waals surface area contributed by atoms with Gasteiger partial charge in [0.15, 0.2) is 5.13 Å². The molecule has 1 aromatic heterocycles. The van der Waals surface area contributed by atoms with Gasteiger partial charge in [-0.2, -0.15) is 0 Å². The second-order valence-electron chi connectivity index (χ2n) is 3.00. The Morgan fingerprint density at radius 3 is 2.93 bits per heavy atom. The number of urea groups is 1. The van der Waals surface area contributed by atoms with Crippen LogP contribution in [0.1, 0.15) is 19.0 Å². The van der Waals surface area contributed by atoms with Crippen LogP contribution in [0.2, 0.25) is 0 Å². The van der Waals surface area contributed by atoms with E-state index in [2.05, 4.69) is 20.9 Å². The van der Waals surface area contributed by atoms with Gasteiger partial charge in [-0.05, 0) is 6.42 Å². The Morgan fingerprint density at radius 1 is 1.53 bits per heavy atom. The fourth-order valence-corrected chi connectivity index (χ4v) is 1.65. The molecule has 0 aliphatic carbocycles. The van der Waals surface area contributed by atoms with Crippen molar-refractivity contribution in [1.82, 2.24) is 15.6 Å². The van der Waals surface area contributed by atoms with Gasteiger partial charge in [0.1, 0.15) is 0 Å². The van der Waals surface area contributed by atoms with Crippen LogP contribution in [-0.2, 0) is 6.54 Å². The predicted octanol–water partition coefficient (Wildman–Crippen LogP) is 1.39. The van der Waals surface area contributed by atoms with Crippen LogP contribution in [-0.4, -0.2) is 24.6 Å². The summed E-state index contributed by atoms with van der Waals surface area (Å²) in [5, 5.41) is 11.2. The Hall–Kier alpha value is -1.30.